The SMILES string of the molecule is C=C(OCC)C(C)(O)c1ccc(F)cc1C(C/C(C)=C/C)C(c1ccc(Cl)cc1NC=O)C(C)c1cc(F)ccc1C. The molecule has 224 valence electrons. The molecule has 2 N–H and O–H groups in total. The maximum Gasteiger partial charge on any atom is 0.211 e. The highest BCUT2D eigenvalue weighted by Crippen LogP contribution is 2.51. The van der Waals surface area contributed by atoms with Gasteiger partial charge in [-0.05, 0) is 123 Å². The first kappa shape index (κ1) is 33.0. The first-order valence-electron chi connectivity index (χ1n) is 14.1. The van der Waals surface area contributed by atoms with E-state index in [1.54, 1.807) is 38.1 Å². The normalized spacial score (nSPS) is 15.3. The number of rotatable bonds is 13. The molecule has 0 saturated carbocycles. The molecule has 3 aromatic rings. The van der Waals surface area contributed by atoms with Crippen molar-refractivity contribution in [2.45, 2.75) is 71.3 Å². The fourth-order valence-electron chi connectivity index (χ4n) is 5.78. The number of aryl methyl sites for hydroxylation is 1. The summed E-state index contributed by atoms with van der Waals surface area (Å²) < 4.78 is 35.4. The second kappa shape index (κ2) is 14.1. The number of halogens is 3. The van der Waals surface area contributed by atoms with Crippen molar-refractivity contribution in [3.8, 4) is 0 Å². The van der Waals surface area contributed by atoms with Gasteiger partial charge >= 0.3 is 0 Å². The van der Waals surface area contributed by atoms with Crippen LogP contribution in [0.1, 0.15) is 86.6 Å². The molecule has 4 unspecified atom stereocenters. The van der Waals surface area contributed by atoms with E-state index in [2.05, 4.69) is 11.9 Å². The predicted molar refractivity (Wildman–Crippen MR) is 167 cm³/mol. The summed E-state index contributed by atoms with van der Waals surface area (Å²) in [5, 5.41) is 15.0. The number of carbonyl (C=O) groups excluding carboxylic acids is 1. The Balaban J connectivity index is 2.44. The first-order valence-corrected chi connectivity index (χ1v) is 14.4. The van der Waals surface area contributed by atoms with Crippen molar-refractivity contribution in [1.82, 2.24) is 0 Å². The fourth-order valence-corrected chi connectivity index (χ4v) is 5.95. The summed E-state index contributed by atoms with van der Waals surface area (Å²) in [6.45, 7) is 15.5. The minimum absolute atomic E-state index is 0.139. The van der Waals surface area contributed by atoms with E-state index >= 15 is 4.39 Å². The molecule has 0 aromatic heterocycles. The van der Waals surface area contributed by atoms with E-state index in [0.717, 1.165) is 22.3 Å². The third-order valence-electron chi connectivity index (χ3n) is 8.13. The van der Waals surface area contributed by atoms with Crippen LogP contribution < -0.4 is 5.32 Å². The summed E-state index contributed by atoms with van der Waals surface area (Å²) >= 11 is 6.35. The van der Waals surface area contributed by atoms with E-state index in [4.69, 9.17) is 16.3 Å². The number of allylic oxidation sites excluding steroid dienone is 2. The minimum Gasteiger partial charge on any atom is -0.495 e. The van der Waals surface area contributed by atoms with Crippen LogP contribution in [0, 0.1) is 18.6 Å². The molecule has 42 heavy (non-hydrogen) atoms. The number of anilines is 1. The van der Waals surface area contributed by atoms with Gasteiger partial charge in [0.15, 0.2) is 0 Å². The highest BCUT2D eigenvalue weighted by Gasteiger charge is 2.39. The first-order chi connectivity index (χ1) is 19.8. The third-order valence-corrected chi connectivity index (χ3v) is 8.36. The van der Waals surface area contributed by atoms with Gasteiger partial charge in [0, 0.05) is 10.7 Å². The van der Waals surface area contributed by atoms with Crippen molar-refractivity contribution in [3.63, 3.8) is 0 Å². The van der Waals surface area contributed by atoms with Crippen LogP contribution in [0.5, 0.6) is 0 Å². The average molecular weight is 596 g/mol. The van der Waals surface area contributed by atoms with Crippen molar-refractivity contribution in [2.75, 3.05) is 11.9 Å². The van der Waals surface area contributed by atoms with Gasteiger partial charge in [-0.25, -0.2) is 8.78 Å². The average Bonchev–Trinajstić information content (AvgIpc) is 2.94. The van der Waals surface area contributed by atoms with E-state index in [9.17, 15) is 14.3 Å². The Kier molecular flexibility index (Phi) is 11.1. The quantitative estimate of drug-likeness (QED) is 0.118. The minimum atomic E-state index is -1.65. The second-order valence-corrected chi connectivity index (χ2v) is 11.4. The number of hydrogen-bond acceptors (Lipinski definition) is 3. The largest absolute Gasteiger partial charge is 0.495 e. The maximum absolute atomic E-state index is 15.1. The molecule has 3 rings (SSSR count). The molecule has 7 heteroatoms. The Morgan fingerprint density at radius 2 is 1.74 bits per heavy atom. The molecule has 0 aliphatic rings. The molecule has 0 fully saturated rings. The van der Waals surface area contributed by atoms with E-state index < -0.39 is 23.3 Å². The molecule has 1 amide bonds. The molecular formula is C35H40ClF2NO3. The molecular weight excluding hydrogens is 556 g/mol. The Hall–Kier alpha value is -3.48. The van der Waals surface area contributed by atoms with Gasteiger partial charge < -0.3 is 15.2 Å². The Labute approximate surface area is 253 Å². The number of hydrogen-bond donors (Lipinski definition) is 2. The van der Waals surface area contributed by atoms with Crippen LogP contribution in [0.4, 0.5) is 14.5 Å². The van der Waals surface area contributed by atoms with Crippen molar-refractivity contribution in [3.05, 3.63) is 123 Å². The number of aliphatic hydroxyl groups is 1. The lowest BCUT2D eigenvalue weighted by Crippen LogP contribution is -2.29. The van der Waals surface area contributed by atoms with Gasteiger partial charge in [0.1, 0.15) is 23.0 Å². The topological polar surface area (TPSA) is 58.6 Å². The van der Waals surface area contributed by atoms with Crippen LogP contribution in [-0.4, -0.2) is 18.1 Å². The molecule has 0 saturated heterocycles. The highest BCUT2D eigenvalue weighted by molar-refractivity contribution is 6.30. The molecule has 0 radical (unpaired) electrons. The summed E-state index contributed by atoms with van der Waals surface area (Å²) in [5.41, 5.74) is 3.30. The molecule has 0 bridgehead atoms. The highest BCUT2D eigenvalue weighted by atomic mass is 35.5. The lowest BCUT2D eigenvalue weighted by molar-refractivity contribution is -0.105. The van der Waals surface area contributed by atoms with Crippen molar-refractivity contribution >= 4 is 23.7 Å². The Morgan fingerprint density at radius 1 is 1.10 bits per heavy atom. The van der Waals surface area contributed by atoms with E-state index in [-0.39, 0.29) is 17.5 Å². The molecule has 0 heterocycles. The number of ether oxygens (including phenoxy) is 1. The van der Waals surface area contributed by atoms with Gasteiger partial charge in [0.2, 0.25) is 6.41 Å². The van der Waals surface area contributed by atoms with Crippen LogP contribution in [0.25, 0.3) is 0 Å². The monoisotopic (exact) mass is 595 g/mol. The predicted octanol–water partition coefficient (Wildman–Crippen LogP) is 9.28. The van der Waals surface area contributed by atoms with E-state index in [0.29, 0.717) is 41.3 Å². The number of benzene rings is 3. The molecule has 4 nitrogen and oxygen atoms in total. The molecule has 4 atom stereocenters. The van der Waals surface area contributed by atoms with Crippen molar-refractivity contribution in [2.24, 2.45) is 0 Å². The van der Waals surface area contributed by atoms with Gasteiger partial charge in [-0.2, -0.15) is 0 Å². The van der Waals surface area contributed by atoms with Gasteiger partial charge in [-0.1, -0.05) is 55.0 Å². The zero-order valence-corrected chi connectivity index (χ0v) is 25.9. The zero-order chi connectivity index (χ0) is 31.2. The maximum atomic E-state index is 15.1. The standard InChI is InChI=1S/C35H40ClF2NO3/c1-8-21(3)16-31(30-19-27(38)13-15-32(30)35(7,41)24(6)42-9-2)34(23(5)29-18-26(37)12-10-22(29)4)28-14-11-25(36)17-33(28)39-20-40/h8,10-15,17-20,23,31,34,41H,6,9,16H2,1-5,7H3,(H,39,40)/b21-8+. The fraction of sp³-hybridized carbons (Fsp3) is 0.343. The van der Waals surface area contributed by atoms with Gasteiger partial charge in [-0.3, -0.25) is 4.79 Å². The number of nitrogens with one attached hydrogen (secondary N) is 1. The van der Waals surface area contributed by atoms with Gasteiger partial charge in [0.05, 0.1) is 6.61 Å². The summed E-state index contributed by atoms with van der Waals surface area (Å²) in [5.74, 6) is -1.90. The summed E-state index contributed by atoms with van der Waals surface area (Å²) in [6.07, 6.45) is 3.06. The second-order valence-electron chi connectivity index (χ2n) is 10.9. The molecule has 3 aromatic carbocycles. The molecule has 0 spiro atoms. The van der Waals surface area contributed by atoms with Crippen LogP contribution in [0.3, 0.4) is 0 Å². The van der Waals surface area contributed by atoms with Gasteiger partial charge in [-0.15, -0.1) is 0 Å². The lowest BCUT2D eigenvalue weighted by Gasteiger charge is -2.38. The third kappa shape index (κ3) is 7.29. The van der Waals surface area contributed by atoms with Gasteiger partial charge in [0.25, 0.3) is 0 Å². The Morgan fingerprint density at radius 3 is 2.36 bits per heavy atom. The van der Waals surface area contributed by atoms with Crippen LogP contribution in [-0.2, 0) is 15.1 Å². The zero-order valence-electron chi connectivity index (χ0n) is 25.1. The van der Waals surface area contributed by atoms with Crippen molar-refractivity contribution < 1.29 is 23.4 Å². The lowest BCUT2D eigenvalue weighted by atomic mass is 9.67. The van der Waals surface area contributed by atoms with E-state index in [1.807, 2.05) is 39.8 Å². The molecule has 0 aliphatic carbocycles. The number of amides is 1. The van der Waals surface area contributed by atoms with Crippen LogP contribution in [0.2, 0.25) is 5.02 Å². The van der Waals surface area contributed by atoms with Crippen LogP contribution >= 0.6 is 11.6 Å². The summed E-state index contributed by atoms with van der Waals surface area (Å²) in [6, 6.07) is 14.3. The van der Waals surface area contributed by atoms with Crippen molar-refractivity contribution in [1.29, 1.82) is 0 Å². The van der Waals surface area contributed by atoms with Crippen LogP contribution in [0.15, 0.2) is 78.6 Å². The Bertz CT molecular complexity index is 1470. The number of carbonyl (C=O) groups is 1. The summed E-state index contributed by atoms with van der Waals surface area (Å²) in [4.78, 5) is 11.7. The summed E-state index contributed by atoms with van der Waals surface area (Å²) in [7, 11) is 0. The molecule has 0 aliphatic heterocycles. The van der Waals surface area contributed by atoms with E-state index in [1.165, 1.54) is 24.3 Å². The smallest absolute Gasteiger partial charge is 0.211 e.